The van der Waals surface area contributed by atoms with Crippen LogP contribution in [-0.4, -0.2) is 29.9 Å². The van der Waals surface area contributed by atoms with Crippen LogP contribution in [0.25, 0.3) is 0 Å². The zero-order valence-corrected chi connectivity index (χ0v) is 11.5. The zero-order chi connectivity index (χ0) is 14.5. The van der Waals surface area contributed by atoms with Gasteiger partial charge in [0, 0.05) is 19.6 Å². The first kappa shape index (κ1) is 14.5. The minimum atomic E-state index is -0.376. The molecular weight excluding hydrogens is 257 g/mol. The second-order valence-electron chi connectivity index (χ2n) is 5.05. The SMILES string of the molecule is CC(NCc1cc(F)ccc1C#N)C(=O)N1CCCC1. The van der Waals surface area contributed by atoms with E-state index >= 15 is 0 Å². The number of nitriles is 1. The maximum atomic E-state index is 13.2. The summed E-state index contributed by atoms with van der Waals surface area (Å²) < 4.78 is 13.2. The average molecular weight is 275 g/mol. The average Bonchev–Trinajstić information content (AvgIpc) is 2.98. The van der Waals surface area contributed by atoms with Gasteiger partial charge in [-0.05, 0) is 43.5 Å². The van der Waals surface area contributed by atoms with E-state index in [1.165, 1.54) is 18.2 Å². The number of benzene rings is 1. The summed E-state index contributed by atoms with van der Waals surface area (Å²) in [6, 6.07) is 5.75. The van der Waals surface area contributed by atoms with Crippen LogP contribution in [0.2, 0.25) is 0 Å². The highest BCUT2D eigenvalue weighted by Gasteiger charge is 2.22. The van der Waals surface area contributed by atoms with Crippen LogP contribution in [0.5, 0.6) is 0 Å². The van der Waals surface area contributed by atoms with Crippen molar-refractivity contribution in [2.24, 2.45) is 0 Å². The zero-order valence-electron chi connectivity index (χ0n) is 11.5. The normalized spacial score (nSPS) is 15.9. The molecule has 1 saturated heterocycles. The van der Waals surface area contributed by atoms with E-state index in [0.717, 1.165) is 25.9 Å². The van der Waals surface area contributed by atoms with Gasteiger partial charge in [0.1, 0.15) is 5.82 Å². The third-order valence-corrected chi connectivity index (χ3v) is 3.57. The number of amides is 1. The monoisotopic (exact) mass is 275 g/mol. The first-order valence-corrected chi connectivity index (χ1v) is 6.82. The van der Waals surface area contributed by atoms with Gasteiger partial charge in [0.15, 0.2) is 0 Å². The fourth-order valence-electron chi connectivity index (χ4n) is 2.38. The molecule has 1 aliphatic heterocycles. The number of nitrogens with one attached hydrogen (secondary N) is 1. The topological polar surface area (TPSA) is 56.1 Å². The second-order valence-corrected chi connectivity index (χ2v) is 5.05. The molecule has 0 aliphatic carbocycles. The molecule has 0 spiro atoms. The Bertz CT molecular complexity index is 532. The van der Waals surface area contributed by atoms with Gasteiger partial charge in [0.25, 0.3) is 0 Å². The lowest BCUT2D eigenvalue weighted by atomic mass is 10.1. The number of nitrogens with zero attached hydrogens (tertiary/aromatic N) is 2. The predicted octanol–water partition coefficient (Wildman–Crippen LogP) is 1.80. The largest absolute Gasteiger partial charge is 0.341 e. The molecule has 1 aromatic carbocycles. The Morgan fingerprint density at radius 3 is 2.85 bits per heavy atom. The standard InChI is InChI=1S/C15H18FN3O/c1-11(15(20)19-6-2-3-7-19)18-10-13-8-14(16)5-4-12(13)9-17/h4-5,8,11,18H,2-3,6-7,10H2,1H3. The maximum absolute atomic E-state index is 13.2. The van der Waals surface area contributed by atoms with Gasteiger partial charge < -0.3 is 10.2 Å². The molecule has 1 fully saturated rings. The number of carbonyl (C=O) groups excluding carboxylic acids is 1. The van der Waals surface area contributed by atoms with E-state index < -0.39 is 0 Å². The van der Waals surface area contributed by atoms with E-state index in [9.17, 15) is 9.18 Å². The van der Waals surface area contributed by atoms with Gasteiger partial charge in [-0.3, -0.25) is 4.79 Å². The quantitative estimate of drug-likeness (QED) is 0.911. The molecule has 4 nitrogen and oxygen atoms in total. The third kappa shape index (κ3) is 3.34. The predicted molar refractivity (Wildman–Crippen MR) is 73.2 cm³/mol. The molecule has 1 atom stereocenters. The van der Waals surface area contributed by atoms with Crippen LogP contribution in [0, 0.1) is 17.1 Å². The Hall–Kier alpha value is -1.93. The number of halogens is 1. The summed E-state index contributed by atoms with van der Waals surface area (Å²) in [6.07, 6.45) is 2.11. The van der Waals surface area contributed by atoms with E-state index in [-0.39, 0.29) is 17.8 Å². The van der Waals surface area contributed by atoms with E-state index in [2.05, 4.69) is 5.32 Å². The van der Waals surface area contributed by atoms with Crippen molar-refractivity contribution in [3.05, 3.63) is 35.1 Å². The van der Waals surface area contributed by atoms with Crippen LogP contribution in [0.1, 0.15) is 30.9 Å². The van der Waals surface area contributed by atoms with Gasteiger partial charge >= 0.3 is 0 Å². The molecule has 0 bridgehead atoms. The van der Waals surface area contributed by atoms with Crippen LogP contribution < -0.4 is 5.32 Å². The summed E-state index contributed by atoms with van der Waals surface area (Å²) in [6.45, 7) is 3.73. The lowest BCUT2D eigenvalue weighted by Crippen LogP contribution is -2.43. The minimum absolute atomic E-state index is 0.0670. The summed E-state index contributed by atoms with van der Waals surface area (Å²) >= 11 is 0. The summed E-state index contributed by atoms with van der Waals surface area (Å²) in [5.74, 6) is -0.309. The highest BCUT2D eigenvalue weighted by atomic mass is 19.1. The molecule has 1 N–H and O–H groups in total. The lowest BCUT2D eigenvalue weighted by molar-refractivity contribution is -0.131. The van der Waals surface area contributed by atoms with E-state index in [1.807, 2.05) is 11.0 Å². The van der Waals surface area contributed by atoms with Gasteiger partial charge in [-0.2, -0.15) is 5.26 Å². The molecule has 1 amide bonds. The first-order valence-electron chi connectivity index (χ1n) is 6.82. The van der Waals surface area contributed by atoms with Crippen LogP contribution in [0.15, 0.2) is 18.2 Å². The maximum Gasteiger partial charge on any atom is 0.239 e. The molecular formula is C15H18FN3O. The molecule has 20 heavy (non-hydrogen) atoms. The molecule has 5 heteroatoms. The van der Waals surface area contributed by atoms with Crippen molar-refractivity contribution in [3.63, 3.8) is 0 Å². The molecule has 0 radical (unpaired) electrons. The third-order valence-electron chi connectivity index (χ3n) is 3.57. The molecule has 1 heterocycles. The minimum Gasteiger partial charge on any atom is -0.341 e. The number of likely N-dealkylation sites (tertiary alicyclic amines) is 1. The van der Waals surface area contributed by atoms with Crippen molar-refractivity contribution in [2.75, 3.05) is 13.1 Å². The summed E-state index contributed by atoms with van der Waals surface area (Å²) in [5.41, 5.74) is 1.01. The van der Waals surface area contributed by atoms with Crippen molar-refractivity contribution < 1.29 is 9.18 Å². The number of carbonyl (C=O) groups is 1. The first-order chi connectivity index (χ1) is 9.61. The van der Waals surface area contributed by atoms with Crippen LogP contribution in [0.4, 0.5) is 4.39 Å². The van der Waals surface area contributed by atoms with Crippen molar-refractivity contribution in [3.8, 4) is 6.07 Å². The number of rotatable bonds is 4. The van der Waals surface area contributed by atoms with Crippen LogP contribution in [0.3, 0.4) is 0 Å². The van der Waals surface area contributed by atoms with Crippen molar-refractivity contribution >= 4 is 5.91 Å². The van der Waals surface area contributed by atoms with Crippen molar-refractivity contribution in [1.29, 1.82) is 5.26 Å². The van der Waals surface area contributed by atoms with E-state index in [1.54, 1.807) is 6.92 Å². The Labute approximate surface area is 118 Å². The fraction of sp³-hybridized carbons (Fsp3) is 0.467. The van der Waals surface area contributed by atoms with E-state index in [0.29, 0.717) is 17.7 Å². The Morgan fingerprint density at radius 2 is 2.20 bits per heavy atom. The van der Waals surface area contributed by atoms with Crippen molar-refractivity contribution in [1.82, 2.24) is 10.2 Å². The summed E-state index contributed by atoms with van der Waals surface area (Å²) in [7, 11) is 0. The molecule has 1 unspecified atom stereocenters. The van der Waals surface area contributed by atoms with Crippen LogP contribution in [-0.2, 0) is 11.3 Å². The molecule has 1 aromatic rings. The lowest BCUT2D eigenvalue weighted by Gasteiger charge is -2.21. The van der Waals surface area contributed by atoms with E-state index in [4.69, 9.17) is 5.26 Å². The Morgan fingerprint density at radius 1 is 1.50 bits per heavy atom. The highest BCUT2D eigenvalue weighted by Crippen LogP contribution is 2.12. The smallest absolute Gasteiger partial charge is 0.239 e. The van der Waals surface area contributed by atoms with Gasteiger partial charge in [-0.15, -0.1) is 0 Å². The van der Waals surface area contributed by atoms with Gasteiger partial charge in [-0.1, -0.05) is 0 Å². The Kier molecular flexibility index (Phi) is 4.70. The molecule has 2 rings (SSSR count). The number of hydrogen-bond donors (Lipinski definition) is 1. The molecule has 106 valence electrons. The van der Waals surface area contributed by atoms with Crippen molar-refractivity contribution in [2.45, 2.75) is 32.4 Å². The number of hydrogen-bond acceptors (Lipinski definition) is 3. The molecule has 0 saturated carbocycles. The molecule has 0 aromatic heterocycles. The van der Waals surface area contributed by atoms with Gasteiger partial charge in [0.2, 0.25) is 5.91 Å². The van der Waals surface area contributed by atoms with Gasteiger partial charge in [0.05, 0.1) is 17.7 Å². The Balaban J connectivity index is 1.96. The highest BCUT2D eigenvalue weighted by molar-refractivity contribution is 5.81. The summed E-state index contributed by atoms with van der Waals surface area (Å²) in [4.78, 5) is 14.0. The molecule has 1 aliphatic rings. The van der Waals surface area contributed by atoms with Gasteiger partial charge in [-0.25, -0.2) is 4.39 Å². The summed E-state index contributed by atoms with van der Waals surface area (Å²) in [5, 5.41) is 12.0. The van der Waals surface area contributed by atoms with Crippen LogP contribution >= 0.6 is 0 Å². The fourth-order valence-corrected chi connectivity index (χ4v) is 2.38. The second kappa shape index (κ2) is 6.49.